The third-order valence-corrected chi connectivity index (χ3v) is 3.14. The number of ether oxygens (including phenoxy) is 2. The Hall–Kier alpha value is -1.88. The Morgan fingerprint density at radius 2 is 2.18 bits per heavy atom. The molecule has 2 aromatic rings. The van der Waals surface area contributed by atoms with Gasteiger partial charge < -0.3 is 9.47 Å². The Kier molecular flexibility index (Phi) is 2.53. The van der Waals surface area contributed by atoms with Crippen molar-refractivity contribution >= 4 is 22.7 Å². The van der Waals surface area contributed by atoms with Crippen molar-refractivity contribution in [1.29, 1.82) is 0 Å². The maximum absolute atomic E-state index is 5.30. The fourth-order valence-corrected chi connectivity index (χ4v) is 2.16. The molecule has 1 aromatic carbocycles. The van der Waals surface area contributed by atoms with Crippen LogP contribution in [0.25, 0.3) is 0 Å². The minimum absolute atomic E-state index is 0.296. The number of aliphatic imine (C=N–C) groups is 1. The van der Waals surface area contributed by atoms with Crippen LogP contribution in [0, 0.1) is 6.92 Å². The predicted octanol–water partition coefficient (Wildman–Crippen LogP) is 2.93. The molecule has 0 spiro atoms. The van der Waals surface area contributed by atoms with Crippen molar-refractivity contribution in [3.63, 3.8) is 0 Å². The minimum Gasteiger partial charge on any atom is -0.454 e. The van der Waals surface area contributed by atoms with E-state index in [1.807, 2.05) is 31.2 Å². The molecule has 0 bridgehead atoms. The van der Waals surface area contributed by atoms with Crippen LogP contribution >= 0.6 is 11.5 Å². The Morgan fingerprint density at radius 3 is 3.00 bits per heavy atom. The summed E-state index contributed by atoms with van der Waals surface area (Å²) in [6.45, 7) is 2.25. The van der Waals surface area contributed by atoms with Gasteiger partial charge in [0.1, 0.15) is 5.00 Å². The zero-order valence-corrected chi connectivity index (χ0v) is 10.0. The smallest absolute Gasteiger partial charge is 0.231 e. The van der Waals surface area contributed by atoms with E-state index < -0.39 is 0 Å². The van der Waals surface area contributed by atoms with Gasteiger partial charge >= 0.3 is 0 Å². The zero-order chi connectivity index (χ0) is 11.7. The molecule has 86 valence electrons. The molecule has 2 heterocycles. The van der Waals surface area contributed by atoms with Gasteiger partial charge in [-0.15, -0.1) is 0 Å². The Labute approximate surface area is 103 Å². The third-order valence-electron chi connectivity index (χ3n) is 2.35. The number of aromatic nitrogens is 1. The summed E-state index contributed by atoms with van der Waals surface area (Å²) in [5.74, 6) is 1.56. The summed E-state index contributed by atoms with van der Waals surface area (Å²) in [5.41, 5.74) is 1.98. The molecule has 0 unspecified atom stereocenters. The van der Waals surface area contributed by atoms with Gasteiger partial charge in [-0.25, -0.2) is 4.99 Å². The van der Waals surface area contributed by atoms with Crippen LogP contribution in [-0.2, 0) is 0 Å². The van der Waals surface area contributed by atoms with Crippen LogP contribution in [0.5, 0.6) is 11.5 Å². The van der Waals surface area contributed by atoms with E-state index in [1.165, 1.54) is 11.5 Å². The van der Waals surface area contributed by atoms with E-state index in [0.29, 0.717) is 6.79 Å². The first kappa shape index (κ1) is 10.3. The van der Waals surface area contributed by atoms with Crippen LogP contribution in [0.15, 0.2) is 29.3 Å². The summed E-state index contributed by atoms with van der Waals surface area (Å²) < 4.78 is 14.7. The lowest BCUT2D eigenvalue weighted by molar-refractivity contribution is 0.174. The molecule has 4 nitrogen and oxygen atoms in total. The van der Waals surface area contributed by atoms with Gasteiger partial charge in [-0.3, -0.25) is 0 Å². The van der Waals surface area contributed by atoms with Crippen molar-refractivity contribution in [3.05, 3.63) is 35.5 Å². The largest absolute Gasteiger partial charge is 0.454 e. The first-order chi connectivity index (χ1) is 8.31. The Bertz CT molecular complexity index is 578. The summed E-state index contributed by atoms with van der Waals surface area (Å²) in [7, 11) is 0. The highest BCUT2D eigenvalue weighted by molar-refractivity contribution is 7.09. The highest BCUT2D eigenvalue weighted by atomic mass is 32.1. The van der Waals surface area contributed by atoms with Crippen LogP contribution < -0.4 is 9.47 Å². The number of rotatable bonds is 2. The van der Waals surface area contributed by atoms with Crippen molar-refractivity contribution in [2.24, 2.45) is 4.99 Å². The molecular weight excluding hydrogens is 236 g/mol. The van der Waals surface area contributed by atoms with Crippen molar-refractivity contribution < 1.29 is 9.47 Å². The lowest BCUT2D eigenvalue weighted by Crippen LogP contribution is -1.92. The number of hydrogen-bond acceptors (Lipinski definition) is 5. The molecule has 0 N–H and O–H groups in total. The van der Waals surface area contributed by atoms with Crippen molar-refractivity contribution in [2.75, 3.05) is 6.79 Å². The maximum Gasteiger partial charge on any atom is 0.231 e. The van der Waals surface area contributed by atoms with Crippen molar-refractivity contribution in [2.45, 2.75) is 6.92 Å². The first-order valence-electron chi connectivity index (χ1n) is 5.18. The van der Waals surface area contributed by atoms with E-state index in [-0.39, 0.29) is 0 Å². The van der Waals surface area contributed by atoms with E-state index in [4.69, 9.17) is 9.47 Å². The van der Waals surface area contributed by atoms with Gasteiger partial charge in [0.2, 0.25) is 6.79 Å². The molecule has 0 radical (unpaired) electrons. The number of benzene rings is 1. The average Bonchev–Trinajstić information content (AvgIpc) is 2.94. The maximum atomic E-state index is 5.30. The Balaban J connectivity index is 1.83. The second kappa shape index (κ2) is 4.18. The number of nitrogens with zero attached hydrogens (tertiary/aromatic N) is 2. The van der Waals surface area contributed by atoms with Crippen LogP contribution in [0.3, 0.4) is 0 Å². The lowest BCUT2D eigenvalue weighted by atomic mass is 10.2. The van der Waals surface area contributed by atoms with Crippen molar-refractivity contribution in [1.82, 2.24) is 4.37 Å². The molecule has 3 rings (SSSR count). The van der Waals surface area contributed by atoms with Crippen LogP contribution in [0.1, 0.15) is 11.3 Å². The molecule has 1 aliphatic heterocycles. The van der Waals surface area contributed by atoms with Gasteiger partial charge in [-0.05, 0) is 48.3 Å². The Morgan fingerprint density at radius 1 is 1.29 bits per heavy atom. The highest BCUT2D eigenvalue weighted by Crippen LogP contribution is 2.32. The summed E-state index contributed by atoms with van der Waals surface area (Å²) in [6, 6.07) is 7.71. The molecule has 0 atom stereocenters. The van der Waals surface area contributed by atoms with Gasteiger partial charge in [-0.2, -0.15) is 4.37 Å². The quantitative estimate of drug-likeness (QED) is 0.765. The van der Waals surface area contributed by atoms with Gasteiger partial charge in [-0.1, -0.05) is 0 Å². The minimum atomic E-state index is 0.296. The molecule has 5 heteroatoms. The van der Waals surface area contributed by atoms with E-state index in [2.05, 4.69) is 9.37 Å². The number of hydrogen-bond donors (Lipinski definition) is 0. The van der Waals surface area contributed by atoms with Crippen LogP contribution in [-0.4, -0.2) is 17.4 Å². The van der Waals surface area contributed by atoms with E-state index >= 15 is 0 Å². The molecular formula is C12H10N2O2S. The van der Waals surface area contributed by atoms with Gasteiger partial charge in [0.15, 0.2) is 11.5 Å². The lowest BCUT2D eigenvalue weighted by Gasteiger charge is -1.96. The topological polar surface area (TPSA) is 43.7 Å². The fourth-order valence-electron chi connectivity index (χ4n) is 1.54. The molecule has 17 heavy (non-hydrogen) atoms. The third kappa shape index (κ3) is 2.14. The summed E-state index contributed by atoms with van der Waals surface area (Å²) in [6.07, 6.45) is 1.80. The summed E-state index contributed by atoms with van der Waals surface area (Å²) >= 11 is 1.39. The van der Waals surface area contributed by atoms with Crippen LogP contribution in [0.4, 0.5) is 5.00 Å². The molecule has 0 saturated carbocycles. The fraction of sp³-hybridized carbons (Fsp3) is 0.167. The van der Waals surface area contributed by atoms with Gasteiger partial charge in [0.05, 0.1) is 5.69 Å². The standard InChI is InChI=1S/C12H10N2O2S/c1-8-4-12(17-14-8)13-6-9-2-3-10-11(5-9)16-7-15-10/h2-6H,7H2,1H3/b13-6+. The molecule has 0 fully saturated rings. The second-order valence-electron chi connectivity index (χ2n) is 3.68. The van der Waals surface area contributed by atoms with E-state index in [0.717, 1.165) is 27.8 Å². The second-order valence-corrected chi connectivity index (χ2v) is 4.46. The van der Waals surface area contributed by atoms with Gasteiger partial charge in [0.25, 0.3) is 0 Å². The molecule has 0 amide bonds. The monoisotopic (exact) mass is 246 g/mol. The SMILES string of the molecule is Cc1cc(/N=C/c2ccc3c(c2)OCO3)sn1. The van der Waals surface area contributed by atoms with Crippen LogP contribution in [0.2, 0.25) is 0 Å². The first-order valence-corrected chi connectivity index (χ1v) is 5.96. The van der Waals surface area contributed by atoms with E-state index in [9.17, 15) is 0 Å². The summed E-state index contributed by atoms with van der Waals surface area (Å²) in [4.78, 5) is 4.36. The van der Waals surface area contributed by atoms with Crippen molar-refractivity contribution in [3.8, 4) is 11.5 Å². The van der Waals surface area contributed by atoms with E-state index in [1.54, 1.807) is 6.21 Å². The number of aryl methyl sites for hydroxylation is 1. The normalized spacial score (nSPS) is 13.5. The number of fused-ring (bicyclic) bond motifs is 1. The molecule has 1 aromatic heterocycles. The molecule has 1 aliphatic rings. The van der Waals surface area contributed by atoms with Gasteiger partial charge in [0, 0.05) is 6.21 Å². The predicted molar refractivity (Wildman–Crippen MR) is 66.7 cm³/mol. The zero-order valence-electron chi connectivity index (χ0n) is 9.21. The molecule has 0 aliphatic carbocycles. The molecule has 0 saturated heterocycles. The highest BCUT2D eigenvalue weighted by Gasteiger charge is 2.12. The average molecular weight is 246 g/mol. The summed E-state index contributed by atoms with van der Waals surface area (Å²) in [5, 5.41) is 0.903.